The standard InChI is InChI=1S/C9H9F2N.C4H4O4/c10-7-2-1-5(3-8(7)11)6-4-9(6)12;5-3(6)1-2-4(7)8/h1-3,6,9H,4,12H2;1-2H,(H,5,6)(H,7,8)/b;2-1+/t6-,9+;/m0./s1. The Morgan fingerprint density at radius 1 is 1.15 bits per heavy atom. The first-order valence-corrected chi connectivity index (χ1v) is 5.65. The number of halogens is 2. The van der Waals surface area contributed by atoms with Crippen molar-refractivity contribution in [2.45, 2.75) is 18.4 Å². The minimum Gasteiger partial charge on any atom is -0.478 e. The minimum absolute atomic E-state index is 0.134. The van der Waals surface area contributed by atoms with E-state index in [1.807, 2.05) is 0 Å². The summed E-state index contributed by atoms with van der Waals surface area (Å²) in [6.07, 6.45) is 2.00. The minimum atomic E-state index is -1.26. The summed E-state index contributed by atoms with van der Waals surface area (Å²) >= 11 is 0. The molecule has 1 aliphatic carbocycles. The highest BCUT2D eigenvalue weighted by Crippen LogP contribution is 2.39. The number of carboxylic acid groups (broad SMARTS) is 2. The van der Waals surface area contributed by atoms with Gasteiger partial charge in [0.25, 0.3) is 0 Å². The van der Waals surface area contributed by atoms with Gasteiger partial charge in [-0.1, -0.05) is 6.07 Å². The highest BCUT2D eigenvalue weighted by Gasteiger charge is 2.35. The van der Waals surface area contributed by atoms with Crippen LogP contribution in [0.1, 0.15) is 17.9 Å². The molecule has 108 valence electrons. The Morgan fingerprint density at radius 3 is 2.00 bits per heavy atom. The van der Waals surface area contributed by atoms with Crippen molar-refractivity contribution in [2.24, 2.45) is 5.73 Å². The molecule has 1 fully saturated rings. The van der Waals surface area contributed by atoms with Crippen LogP contribution in [-0.2, 0) is 9.59 Å². The molecule has 1 aromatic rings. The molecule has 1 saturated carbocycles. The SMILES string of the molecule is N[C@@H]1C[C@H]1c1ccc(F)c(F)c1.O=C(O)/C=C/C(=O)O. The molecular formula is C13H13F2NO4. The van der Waals surface area contributed by atoms with Gasteiger partial charge in [-0.25, -0.2) is 18.4 Å². The summed E-state index contributed by atoms with van der Waals surface area (Å²) in [6.45, 7) is 0. The number of carboxylic acids is 2. The van der Waals surface area contributed by atoms with E-state index >= 15 is 0 Å². The Hall–Kier alpha value is -2.28. The van der Waals surface area contributed by atoms with E-state index < -0.39 is 23.6 Å². The van der Waals surface area contributed by atoms with Crippen molar-refractivity contribution in [3.05, 3.63) is 47.5 Å². The molecule has 1 aromatic carbocycles. The molecule has 0 unspecified atom stereocenters. The Balaban J connectivity index is 0.000000221. The monoisotopic (exact) mass is 285 g/mol. The van der Waals surface area contributed by atoms with Crippen molar-refractivity contribution in [2.75, 3.05) is 0 Å². The zero-order valence-electron chi connectivity index (χ0n) is 10.3. The first-order valence-electron chi connectivity index (χ1n) is 5.65. The second kappa shape index (κ2) is 6.76. The van der Waals surface area contributed by atoms with E-state index in [9.17, 15) is 18.4 Å². The predicted molar refractivity (Wildman–Crippen MR) is 66.1 cm³/mol. The maximum Gasteiger partial charge on any atom is 0.328 e. The molecule has 20 heavy (non-hydrogen) atoms. The molecule has 0 bridgehead atoms. The first-order chi connectivity index (χ1) is 9.31. The molecule has 0 saturated heterocycles. The third kappa shape index (κ3) is 5.15. The highest BCUT2D eigenvalue weighted by molar-refractivity contribution is 5.89. The lowest BCUT2D eigenvalue weighted by Gasteiger charge is -1.98. The molecule has 4 N–H and O–H groups in total. The molecule has 0 heterocycles. The number of nitrogens with two attached hydrogens (primary N) is 1. The summed E-state index contributed by atoms with van der Waals surface area (Å²) in [7, 11) is 0. The van der Waals surface area contributed by atoms with Gasteiger partial charge in [0.1, 0.15) is 0 Å². The molecule has 0 radical (unpaired) electrons. The first kappa shape index (κ1) is 15.8. The van der Waals surface area contributed by atoms with Crippen LogP contribution in [0.25, 0.3) is 0 Å². The van der Waals surface area contributed by atoms with Crippen LogP contribution in [0.5, 0.6) is 0 Å². The summed E-state index contributed by atoms with van der Waals surface area (Å²) in [4.78, 5) is 19.1. The largest absolute Gasteiger partial charge is 0.478 e. The van der Waals surface area contributed by atoms with Gasteiger partial charge in [-0.3, -0.25) is 0 Å². The predicted octanol–water partition coefficient (Wildman–Crippen LogP) is 1.49. The van der Waals surface area contributed by atoms with Crippen molar-refractivity contribution in [1.29, 1.82) is 0 Å². The van der Waals surface area contributed by atoms with Crippen molar-refractivity contribution < 1.29 is 28.6 Å². The van der Waals surface area contributed by atoms with E-state index in [-0.39, 0.29) is 12.0 Å². The molecule has 0 aromatic heterocycles. The summed E-state index contributed by atoms with van der Waals surface area (Å²) in [5, 5.41) is 15.6. The molecule has 2 rings (SSSR count). The fourth-order valence-electron chi connectivity index (χ4n) is 1.48. The van der Waals surface area contributed by atoms with Gasteiger partial charge in [0.05, 0.1) is 0 Å². The molecule has 2 atom stereocenters. The number of carbonyl (C=O) groups is 2. The smallest absolute Gasteiger partial charge is 0.328 e. The van der Waals surface area contributed by atoms with Crippen molar-refractivity contribution in [3.8, 4) is 0 Å². The number of benzene rings is 1. The molecule has 7 heteroatoms. The summed E-state index contributed by atoms with van der Waals surface area (Å²) in [5.74, 6) is -3.86. The summed E-state index contributed by atoms with van der Waals surface area (Å²) in [5.41, 5.74) is 6.38. The molecule has 0 aliphatic heterocycles. The fourth-order valence-corrected chi connectivity index (χ4v) is 1.48. The van der Waals surface area contributed by atoms with Crippen LogP contribution in [0, 0.1) is 11.6 Å². The van der Waals surface area contributed by atoms with Gasteiger partial charge >= 0.3 is 11.9 Å². The summed E-state index contributed by atoms with van der Waals surface area (Å²) in [6, 6.07) is 4.10. The van der Waals surface area contributed by atoms with Gasteiger partial charge in [-0.2, -0.15) is 0 Å². The average Bonchev–Trinajstić information content (AvgIpc) is 3.08. The third-order valence-corrected chi connectivity index (χ3v) is 2.58. The second-order valence-electron chi connectivity index (χ2n) is 4.19. The van der Waals surface area contributed by atoms with Crippen LogP contribution < -0.4 is 5.73 Å². The van der Waals surface area contributed by atoms with E-state index in [1.165, 1.54) is 6.07 Å². The Kier molecular flexibility index (Phi) is 5.33. The van der Waals surface area contributed by atoms with Gasteiger partial charge in [0, 0.05) is 24.1 Å². The van der Waals surface area contributed by atoms with E-state index in [4.69, 9.17) is 15.9 Å². The van der Waals surface area contributed by atoms with Crippen LogP contribution >= 0.6 is 0 Å². The zero-order chi connectivity index (χ0) is 15.3. The zero-order valence-corrected chi connectivity index (χ0v) is 10.3. The van der Waals surface area contributed by atoms with E-state index in [0.717, 1.165) is 18.1 Å². The lowest BCUT2D eigenvalue weighted by molar-refractivity contribution is -0.134. The highest BCUT2D eigenvalue weighted by atomic mass is 19.2. The third-order valence-electron chi connectivity index (χ3n) is 2.58. The maximum absolute atomic E-state index is 12.7. The fraction of sp³-hybridized carbons (Fsp3) is 0.231. The van der Waals surface area contributed by atoms with Crippen LogP contribution in [0.15, 0.2) is 30.4 Å². The number of rotatable bonds is 3. The van der Waals surface area contributed by atoms with Crippen molar-refractivity contribution in [1.82, 2.24) is 0 Å². The van der Waals surface area contributed by atoms with Crippen molar-refractivity contribution in [3.63, 3.8) is 0 Å². The van der Waals surface area contributed by atoms with E-state index in [1.54, 1.807) is 6.07 Å². The van der Waals surface area contributed by atoms with Crippen LogP contribution in [0.2, 0.25) is 0 Å². The number of aliphatic carboxylic acids is 2. The van der Waals surface area contributed by atoms with Crippen LogP contribution in [0.4, 0.5) is 8.78 Å². The van der Waals surface area contributed by atoms with Crippen molar-refractivity contribution >= 4 is 11.9 Å². The normalized spacial score (nSPS) is 20.1. The maximum atomic E-state index is 12.7. The molecule has 0 amide bonds. The summed E-state index contributed by atoms with van der Waals surface area (Å²) < 4.78 is 25.2. The second-order valence-corrected chi connectivity index (χ2v) is 4.19. The van der Waals surface area contributed by atoms with Gasteiger partial charge < -0.3 is 15.9 Å². The lowest BCUT2D eigenvalue weighted by atomic mass is 10.1. The number of hydrogen-bond acceptors (Lipinski definition) is 3. The van der Waals surface area contributed by atoms with E-state index in [2.05, 4.69) is 0 Å². The van der Waals surface area contributed by atoms with Crippen LogP contribution in [-0.4, -0.2) is 28.2 Å². The van der Waals surface area contributed by atoms with Gasteiger partial charge in [-0.15, -0.1) is 0 Å². The quantitative estimate of drug-likeness (QED) is 0.730. The Morgan fingerprint density at radius 2 is 1.65 bits per heavy atom. The van der Waals surface area contributed by atoms with E-state index in [0.29, 0.717) is 12.2 Å². The van der Waals surface area contributed by atoms with Gasteiger partial charge in [0.2, 0.25) is 0 Å². The molecule has 0 spiro atoms. The van der Waals surface area contributed by atoms with Gasteiger partial charge in [0.15, 0.2) is 11.6 Å². The molecule has 5 nitrogen and oxygen atoms in total. The van der Waals surface area contributed by atoms with Gasteiger partial charge in [-0.05, 0) is 24.1 Å². The topological polar surface area (TPSA) is 101 Å². The molecular weight excluding hydrogens is 272 g/mol. The molecule has 1 aliphatic rings. The Bertz CT molecular complexity index is 529. The lowest BCUT2D eigenvalue weighted by Crippen LogP contribution is -2.01. The Labute approximate surface area is 113 Å². The van der Waals surface area contributed by atoms with Crippen LogP contribution in [0.3, 0.4) is 0 Å². The number of hydrogen-bond donors (Lipinski definition) is 3. The average molecular weight is 285 g/mol.